The van der Waals surface area contributed by atoms with Gasteiger partial charge in [-0.25, -0.2) is 0 Å². The van der Waals surface area contributed by atoms with Crippen LogP contribution in [-0.4, -0.2) is 4.57 Å². The normalized spacial score (nSPS) is 11.1. The molecule has 2 aromatic rings. The van der Waals surface area contributed by atoms with Gasteiger partial charge in [-0.2, -0.15) is 0 Å². The van der Waals surface area contributed by atoms with Crippen molar-refractivity contribution in [3.05, 3.63) is 28.4 Å². The zero-order valence-electron chi connectivity index (χ0n) is 8.56. The van der Waals surface area contributed by atoms with Gasteiger partial charge in [-0.15, -0.1) is 0 Å². The lowest BCUT2D eigenvalue weighted by atomic mass is 10.1. The first-order valence-electron chi connectivity index (χ1n) is 4.53. The highest BCUT2D eigenvalue weighted by atomic mass is 35.5. The Labute approximate surface area is 88.3 Å². The molecular weight excluding hydrogens is 196 g/mol. The zero-order chi connectivity index (χ0) is 10.5. The van der Waals surface area contributed by atoms with E-state index in [0.29, 0.717) is 0 Å². The van der Waals surface area contributed by atoms with E-state index in [9.17, 15) is 0 Å². The van der Waals surface area contributed by atoms with Gasteiger partial charge < -0.3 is 10.3 Å². The van der Waals surface area contributed by atoms with Crippen LogP contribution in [0.2, 0.25) is 5.02 Å². The van der Waals surface area contributed by atoms with Crippen molar-refractivity contribution in [1.82, 2.24) is 4.57 Å². The van der Waals surface area contributed by atoms with Crippen molar-refractivity contribution >= 4 is 28.2 Å². The number of hydrogen-bond donors (Lipinski definition) is 1. The molecule has 3 heteroatoms. The molecule has 1 heterocycles. The smallest absolute Gasteiger partial charge is 0.0673 e. The second-order valence-corrected chi connectivity index (χ2v) is 4.08. The molecule has 1 aromatic heterocycles. The quantitative estimate of drug-likeness (QED) is 0.663. The fourth-order valence-electron chi connectivity index (χ4n) is 1.86. The molecule has 0 fully saturated rings. The van der Waals surface area contributed by atoms with Crippen LogP contribution in [-0.2, 0) is 7.05 Å². The van der Waals surface area contributed by atoms with Crippen LogP contribution < -0.4 is 5.73 Å². The maximum atomic E-state index is 6.15. The van der Waals surface area contributed by atoms with E-state index in [1.807, 2.05) is 13.1 Å². The van der Waals surface area contributed by atoms with Crippen LogP contribution in [0.4, 0.5) is 5.69 Å². The predicted octanol–water partition coefficient (Wildman–Crippen LogP) is 3.03. The third kappa shape index (κ3) is 1.11. The van der Waals surface area contributed by atoms with E-state index in [2.05, 4.69) is 18.4 Å². The van der Waals surface area contributed by atoms with Crippen molar-refractivity contribution in [2.24, 2.45) is 7.05 Å². The minimum atomic E-state index is 0.719. The number of halogens is 1. The Morgan fingerprint density at radius 3 is 2.57 bits per heavy atom. The largest absolute Gasteiger partial charge is 0.399 e. The fourth-order valence-corrected chi connectivity index (χ4v) is 2.22. The summed E-state index contributed by atoms with van der Waals surface area (Å²) in [6.45, 7) is 4.18. The maximum absolute atomic E-state index is 6.15. The summed E-state index contributed by atoms with van der Waals surface area (Å²) >= 11 is 6.15. The third-order valence-electron chi connectivity index (χ3n) is 2.87. The van der Waals surface area contributed by atoms with E-state index in [0.717, 1.165) is 21.6 Å². The second-order valence-electron chi connectivity index (χ2n) is 3.67. The van der Waals surface area contributed by atoms with Crippen molar-refractivity contribution in [1.29, 1.82) is 0 Å². The van der Waals surface area contributed by atoms with Gasteiger partial charge in [-0.05, 0) is 31.5 Å². The molecule has 0 saturated heterocycles. The van der Waals surface area contributed by atoms with Crippen LogP contribution in [0.15, 0.2) is 12.1 Å². The van der Waals surface area contributed by atoms with Gasteiger partial charge in [0.2, 0.25) is 0 Å². The molecule has 0 spiro atoms. The molecule has 0 amide bonds. The summed E-state index contributed by atoms with van der Waals surface area (Å²) < 4.78 is 2.10. The molecule has 14 heavy (non-hydrogen) atoms. The fraction of sp³-hybridized carbons (Fsp3) is 0.273. The Morgan fingerprint density at radius 1 is 1.29 bits per heavy atom. The first kappa shape index (κ1) is 9.41. The molecule has 2 nitrogen and oxygen atoms in total. The van der Waals surface area contributed by atoms with E-state index < -0.39 is 0 Å². The Balaban J connectivity index is 3.02. The molecule has 1 aromatic carbocycles. The molecule has 0 saturated carbocycles. The average molecular weight is 209 g/mol. The van der Waals surface area contributed by atoms with Gasteiger partial charge in [-0.1, -0.05) is 11.6 Å². The number of rotatable bonds is 0. The lowest BCUT2D eigenvalue weighted by Gasteiger charge is -2.01. The predicted molar refractivity (Wildman–Crippen MR) is 61.8 cm³/mol. The van der Waals surface area contributed by atoms with Crippen LogP contribution in [0.5, 0.6) is 0 Å². The molecule has 0 aliphatic carbocycles. The van der Waals surface area contributed by atoms with Crippen molar-refractivity contribution in [3.63, 3.8) is 0 Å². The van der Waals surface area contributed by atoms with Gasteiger partial charge in [0, 0.05) is 23.8 Å². The molecule has 0 atom stereocenters. The van der Waals surface area contributed by atoms with Crippen molar-refractivity contribution in [3.8, 4) is 0 Å². The molecule has 0 aliphatic rings. The van der Waals surface area contributed by atoms with Gasteiger partial charge in [0.1, 0.15) is 0 Å². The van der Waals surface area contributed by atoms with Gasteiger partial charge in [0.05, 0.1) is 10.5 Å². The zero-order valence-corrected chi connectivity index (χ0v) is 9.31. The average Bonchev–Trinajstić information content (AvgIpc) is 2.31. The third-order valence-corrected chi connectivity index (χ3v) is 3.16. The van der Waals surface area contributed by atoms with Crippen molar-refractivity contribution < 1.29 is 0 Å². The molecule has 74 valence electrons. The molecule has 2 rings (SSSR count). The summed E-state index contributed by atoms with van der Waals surface area (Å²) in [4.78, 5) is 0. The van der Waals surface area contributed by atoms with Gasteiger partial charge in [0.25, 0.3) is 0 Å². The van der Waals surface area contributed by atoms with Crippen LogP contribution in [0.3, 0.4) is 0 Å². The topological polar surface area (TPSA) is 30.9 Å². The summed E-state index contributed by atoms with van der Waals surface area (Å²) in [6.07, 6.45) is 0. The van der Waals surface area contributed by atoms with Crippen LogP contribution in [0, 0.1) is 13.8 Å². The number of anilines is 1. The summed E-state index contributed by atoms with van der Waals surface area (Å²) in [5.41, 5.74) is 10.0. The SMILES string of the molecule is Cc1c(C)n(C)c2c(Cl)cc(N)cc12. The first-order chi connectivity index (χ1) is 6.52. The van der Waals surface area contributed by atoms with E-state index in [4.69, 9.17) is 17.3 Å². The minimum absolute atomic E-state index is 0.719. The summed E-state index contributed by atoms with van der Waals surface area (Å²) in [5.74, 6) is 0. The number of benzene rings is 1. The Bertz CT molecular complexity index is 512. The number of hydrogen-bond acceptors (Lipinski definition) is 1. The number of fused-ring (bicyclic) bond motifs is 1. The number of nitrogens with zero attached hydrogens (tertiary/aromatic N) is 1. The molecule has 0 aliphatic heterocycles. The summed E-state index contributed by atoms with van der Waals surface area (Å²) in [7, 11) is 2.02. The van der Waals surface area contributed by atoms with Crippen molar-refractivity contribution in [2.75, 3.05) is 5.73 Å². The van der Waals surface area contributed by atoms with Gasteiger partial charge in [-0.3, -0.25) is 0 Å². The monoisotopic (exact) mass is 208 g/mol. The Morgan fingerprint density at radius 2 is 1.93 bits per heavy atom. The highest BCUT2D eigenvalue weighted by molar-refractivity contribution is 6.35. The van der Waals surface area contributed by atoms with Crippen molar-refractivity contribution in [2.45, 2.75) is 13.8 Å². The van der Waals surface area contributed by atoms with E-state index in [1.165, 1.54) is 11.3 Å². The highest BCUT2D eigenvalue weighted by Crippen LogP contribution is 2.31. The highest BCUT2D eigenvalue weighted by Gasteiger charge is 2.11. The number of nitrogen functional groups attached to an aromatic ring is 1. The lowest BCUT2D eigenvalue weighted by Crippen LogP contribution is -1.91. The molecule has 0 bridgehead atoms. The molecule has 0 unspecified atom stereocenters. The standard InChI is InChI=1S/C11H13ClN2/c1-6-7(2)14(3)11-9(6)4-8(13)5-10(11)12/h4-5H,13H2,1-3H3. The van der Waals surface area contributed by atoms with Crippen LogP contribution in [0.25, 0.3) is 10.9 Å². The van der Waals surface area contributed by atoms with Gasteiger partial charge >= 0.3 is 0 Å². The second kappa shape index (κ2) is 2.92. The Hall–Kier alpha value is -1.15. The van der Waals surface area contributed by atoms with E-state index in [-0.39, 0.29) is 0 Å². The lowest BCUT2D eigenvalue weighted by molar-refractivity contribution is 0.910. The van der Waals surface area contributed by atoms with E-state index in [1.54, 1.807) is 6.07 Å². The van der Waals surface area contributed by atoms with Crippen LogP contribution >= 0.6 is 11.6 Å². The number of aryl methyl sites for hydroxylation is 2. The Kier molecular flexibility index (Phi) is 1.96. The maximum Gasteiger partial charge on any atom is 0.0673 e. The molecular formula is C11H13ClN2. The number of aromatic nitrogens is 1. The number of nitrogens with two attached hydrogens (primary N) is 1. The first-order valence-corrected chi connectivity index (χ1v) is 4.90. The van der Waals surface area contributed by atoms with Gasteiger partial charge in [0.15, 0.2) is 0 Å². The molecule has 2 N–H and O–H groups in total. The van der Waals surface area contributed by atoms with Crippen LogP contribution in [0.1, 0.15) is 11.3 Å². The van der Waals surface area contributed by atoms with E-state index >= 15 is 0 Å². The minimum Gasteiger partial charge on any atom is -0.399 e. The summed E-state index contributed by atoms with van der Waals surface area (Å²) in [5, 5.41) is 1.87. The summed E-state index contributed by atoms with van der Waals surface area (Å²) in [6, 6.07) is 3.77. The molecule has 0 radical (unpaired) electrons.